The van der Waals surface area contributed by atoms with Crippen molar-refractivity contribution in [2.24, 2.45) is 4.99 Å². The van der Waals surface area contributed by atoms with Crippen molar-refractivity contribution in [2.75, 3.05) is 13.1 Å². The van der Waals surface area contributed by atoms with Crippen molar-refractivity contribution >= 4 is 30.3 Å². The van der Waals surface area contributed by atoms with Crippen LogP contribution in [0.2, 0.25) is 0 Å². The van der Waals surface area contributed by atoms with Gasteiger partial charge in [-0.2, -0.15) is 10.2 Å². The van der Waals surface area contributed by atoms with E-state index in [1.54, 1.807) is 73.4 Å². The third kappa shape index (κ3) is 8.96. The summed E-state index contributed by atoms with van der Waals surface area (Å²) in [5.41, 5.74) is -0.613. The molecule has 3 heterocycles. The summed E-state index contributed by atoms with van der Waals surface area (Å²) in [6, 6.07) is 7.64. The quantitative estimate of drug-likeness (QED) is 0.258. The van der Waals surface area contributed by atoms with Crippen LogP contribution < -0.4 is 10.6 Å². The number of nitrogens with one attached hydrogen (secondary N) is 2. The molecular weight excluding hydrogens is 598 g/mol. The van der Waals surface area contributed by atoms with Gasteiger partial charge in [-0.15, -0.1) is 4.99 Å². The zero-order valence-electron chi connectivity index (χ0n) is 27.7. The van der Waals surface area contributed by atoms with Gasteiger partial charge in [0.15, 0.2) is 0 Å². The van der Waals surface area contributed by atoms with Crippen LogP contribution in [0, 0.1) is 0 Å². The molecule has 1 aromatic carbocycles. The number of carbonyl (C=O) groups excluding carboxylic acids is 4. The maximum Gasteiger partial charge on any atom is 0.437 e. The van der Waals surface area contributed by atoms with E-state index in [0.717, 1.165) is 5.56 Å². The zero-order chi connectivity index (χ0) is 34.0. The summed E-state index contributed by atoms with van der Waals surface area (Å²) in [4.78, 5) is 63.3. The maximum absolute atomic E-state index is 13.6. The Labute approximate surface area is 268 Å². The van der Waals surface area contributed by atoms with Gasteiger partial charge in [0.25, 0.3) is 0 Å². The molecule has 250 valence electrons. The molecule has 4 rings (SSSR count). The van der Waals surface area contributed by atoms with Gasteiger partial charge in [0, 0.05) is 18.3 Å². The van der Waals surface area contributed by atoms with Crippen LogP contribution >= 0.6 is 0 Å². The number of alkyl carbamates (subject to hydrolysis) is 2. The number of fused-ring (bicyclic) bond motifs is 4. The molecule has 2 aromatic rings. The second-order valence-electron chi connectivity index (χ2n) is 13.9. The predicted octanol–water partition coefficient (Wildman–Crippen LogP) is 5.04. The first-order valence-corrected chi connectivity index (χ1v) is 14.9. The number of hydrogen-bond donors (Lipinski definition) is 2. The van der Waals surface area contributed by atoms with Crippen molar-refractivity contribution in [2.45, 2.75) is 97.8 Å². The van der Waals surface area contributed by atoms with Crippen molar-refractivity contribution in [1.82, 2.24) is 30.4 Å². The molecule has 2 aliphatic heterocycles. The lowest BCUT2D eigenvalue weighted by Gasteiger charge is -2.30. The summed E-state index contributed by atoms with van der Waals surface area (Å²) in [6.07, 6.45) is -0.961. The van der Waals surface area contributed by atoms with E-state index in [-0.39, 0.29) is 25.7 Å². The topological polar surface area (TPSA) is 166 Å². The summed E-state index contributed by atoms with van der Waals surface area (Å²) in [5.74, 6) is -0.286. The molecule has 2 atom stereocenters. The van der Waals surface area contributed by atoms with Crippen molar-refractivity contribution in [3.8, 4) is 0 Å². The maximum atomic E-state index is 13.6. The summed E-state index contributed by atoms with van der Waals surface area (Å²) in [5, 5.41) is 11.1. The molecule has 0 spiro atoms. The summed E-state index contributed by atoms with van der Waals surface area (Å²) < 4.78 is 17.3. The summed E-state index contributed by atoms with van der Waals surface area (Å²) in [6.45, 7) is 15.7. The predicted molar refractivity (Wildman–Crippen MR) is 166 cm³/mol. The summed E-state index contributed by atoms with van der Waals surface area (Å²) >= 11 is 0. The normalized spacial score (nSPS) is 18.2. The monoisotopic (exact) mass is 641 g/mol. The number of aromatic nitrogens is 2. The van der Waals surface area contributed by atoms with Gasteiger partial charge >= 0.3 is 24.3 Å². The third-order valence-corrected chi connectivity index (χ3v) is 6.38. The average molecular weight is 642 g/mol. The number of benzene rings is 1. The SMILES string of the molecule is CC(C)(C)OC(=O)N=C(NC(=O)OC(C)(C)C)n1cc2c(n1)[C@@H](CNC(=O)OC(C)(C)C)N1C[C@H]2N(OCc2ccccc2)C1=O. The van der Waals surface area contributed by atoms with Gasteiger partial charge in [0.1, 0.15) is 29.5 Å². The number of urea groups is 1. The molecule has 46 heavy (non-hydrogen) atoms. The van der Waals surface area contributed by atoms with Crippen LogP contribution in [-0.2, 0) is 25.7 Å². The number of ether oxygens (including phenoxy) is 3. The number of rotatable bonds is 5. The van der Waals surface area contributed by atoms with E-state index >= 15 is 0 Å². The molecule has 2 aliphatic rings. The second kappa shape index (κ2) is 13.0. The highest BCUT2D eigenvalue weighted by Gasteiger charge is 2.50. The van der Waals surface area contributed by atoms with Crippen LogP contribution in [0.1, 0.15) is 91.2 Å². The minimum atomic E-state index is -0.969. The molecule has 1 fully saturated rings. The molecule has 1 aromatic heterocycles. The summed E-state index contributed by atoms with van der Waals surface area (Å²) in [7, 11) is 0. The Kier molecular flexibility index (Phi) is 9.66. The molecule has 0 aliphatic carbocycles. The van der Waals surface area contributed by atoms with Crippen molar-refractivity contribution < 1.29 is 38.2 Å². The van der Waals surface area contributed by atoms with E-state index in [4.69, 9.17) is 19.0 Å². The fraction of sp³-hybridized carbons (Fsp3) is 0.548. The fourth-order valence-corrected chi connectivity index (χ4v) is 4.72. The van der Waals surface area contributed by atoms with E-state index in [9.17, 15) is 19.2 Å². The van der Waals surface area contributed by atoms with Gasteiger partial charge in [0.05, 0.1) is 18.3 Å². The van der Waals surface area contributed by atoms with E-state index in [1.807, 2.05) is 30.3 Å². The lowest BCUT2D eigenvalue weighted by atomic mass is 9.98. The molecular formula is C31H43N7O8. The smallest absolute Gasteiger partial charge is 0.437 e. The van der Waals surface area contributed by atoms with Crippen LogP contribution in [0.4, 0.5) is 19.2 Å². The number of hydrogen-bond acceptors (Lipinski definition) is 9. The third-order valence-electron chi connectivity index (χ3n) is 6.38. The number of carbonyl (C=O) groups is 4. The van der Waals surface area contributed by atoms with Gasteiger partial charge in [0.2, 0.25) is 5.96 Å². The lowest BCUT2D eigenvalue weighted by Crippen LogP contribution is -2.43. The van der Waals surface area contributed by atoms with Crippen molar-refractivity contribution in [3.05, 3.63) is 53.3 Å². The molecule has 5 amide bonds. The highest BCUT2D eigenvalue weighted by molar-refractivity contribution is 5.99. The average Bonchev–Trinajstić information content (AvgIpc) is 3.46. The van der Waals surface area contributed by atoms with E-state index in [2.05, 4.69) is 20.7 Å². The minimum absolute atomic E-state index is 0.0397. The van der Waals surface area contributed by atoms with E-state index in [0.29, 0.717) is 11.3 Å². The van der Waals surface area contributed by atoms with Gasteiger partial charge in [-0.05, 0) is 67.9 Å². The molecule has 2 bridgehead atoms. The second-order valence-corrected chi connectivity index (χ2v) is 13.9. The van der Waals surface area contributed by atoms with Crippen molar-refractivity contribution in [3.63, 3.8) is 0 Å². The standard InChI is InChI=1S/C31H43N7O8/c1-29(2,3)44-25(39)32-15-21-23-20(22-17-36(21)28(42)38(22)43-18-19-13-11-10-12-14-19)16-37(35-23)24(33-26(40)45-30(4,5)6)34-27(41)46-31(7,8)9/h10-14,16,21-22H,15,17-18H2,1-9H3,(H,32,39)(H,33,34,40,41)/t21-,22-/m1/s1. The van der Waals surface area contributed by atoms with E-state index < -0.39 is 53.2 Å². The Bertz CT molecular complexity index is 1480. The van der Waals surface area contributed by atoms with E-state index in [1.165, 1.54) is 9.75 Å². The fourth-order valence-electron chi connectivity index (χ4n) is 4.72. The largest absolute Gasteiger partial charge is 0.444 e. The van der Waals surface area contributed by atoms with Gasteiger partial charge < -0.3 is 24.4 Å². The Morgan fingerprint density at radius 2 is 1.52 bits per heavy atom. The lowest BCUT2D eigenvalue weighted by molar-refractivity contribution is -0.141. The van der Waals surface area contributed by atoms with Gasteiger partial charge in [-0.25, -0.2) is 23.9 Å². The van der Waals surface area contributed by atoms with Crippen molar-refractivity contribution in [1.29, 1.82) is 0 Å². The Balaban J connectivity index is 1.71. The number of amides is 5. The Hall–Kier alpha value is -4.66. The van der Waals surface area contributed by atoms with Crippen LogP contribution in [0.15, 0.2) is 41.5 Å². The number of aliphatic imine (C=N–C) groups is 1. The molecule has 15 heteroatoms. The Morgan fingerprint density at radius 1 is 0.913 bits per heavy atom. The van der Waals surface area contributed by atoms with Crippen LogP contribution in [-0.4, -0.2) is 79.9 Å². The zero-order valence-corrected chi connectivity index (χ0v) is 27.7. The molecule has 1 saturated heterocycles. The first-order valence-electron chi connectivity index (χ1n) is 14.9. The number of hydroxylamine groups is 2. The first-order chi connectivity index (χ1) is 21.3. The highest BCUT2D eigenvalue weighted by atomic mass is 16.7. The first kappa shape index (κ1) is 34.2. The number of nitrogens with zero attached hydrogens (tertiary/aromatic N) is 5. The van der Waals surface area contributed by atoms with Gasteiger partial charge in [-0.1, -0.05) is 30.3 Å². The van der Waals surface area contributed by atoms with Crippen LogP contribution in [0.3, 0.4) is 0 Å². The molecule has 0 unspecified atom stereocenters. The molecule has 0 radical (unpaired) electrons. The molecule has 0 saturated carbocycles. The molecule has 2 N–H and O–H groups in total. The van der Waals surface area contributed by atoms with Gasteiger partial charge in [-0.3, -0.25) is 10.2 Å². The Morgan fingerprint density at radius 3 is 2.13 bits per heavy atom. The molecule has 15 nitrogen and oxygen atoms in total. The minimum Gasteiger partial charge on any atom is -0.444 e. The van der Waals surface area contributed by atoms with Crippen LogP contribution in [0.5, 0.6) is 0 Å². The van der Waals surface area contributed by atoms with Crippen LogP contribution in [0.25, 0.3) is 0 Å². The highest BCUT2D eigenvalue weighted by Crippen LogP contribution is 2.43.